The van der Waals surface area contributed by atoms with Crippen LogP contribution in [-0.2, 0) is 16.1 Å². The molecule has 0 atom stereocenters. The van der Waals surface area contributed by atoms with Crippen LogP contribution in [0.3, 0.4) is 0 Å². The molecule has 1 aliphatic rings. The maximum atomic E-state index is 12.8. The number of carbonyl (C=O) groups is 1. The summed E-state index contributed by atoms with van der Waals surface area (Å²) in [6.45, 7) is 6.02. The fourth-order valence-electron chi connectivity index (χ4n) is 2.90. The Hall–Kier alpha value is -2.02. The molecule has 160 valence electrons. The number of nitrogens with zero attached hydrogens (tertiary/aromatic N) is 6. The molecule has 4 rings (SSSR count). The predicted molar refractivity (Wildman–Crippen MR) is 117 cm³/mol. The minimum absolute atomic E-state index is 0.0147. The van der Waals surface area contributed by atoms with Crippen molar-refractivity contribution in [2.24, 2.45) is 0 Å². The van der Waals surface area contributed by atoms with Crippen molar-refractivity contribution in [3.8, 4) is 10.8 Å². The van der Waals surface area contributed by atoms with Crippen LogP contribution in [0.25, 0.3) is 10.8 Å². The second-order valence-corrected chi connectivity index (χ2v) is 9.66. The number of ether oxygens (including phenoxy) is 1. The number of carbonyl (C=O) groups excluding carboxylic acids is 1. The van der Waals surface area contributed by atoms with Gasteiger partial charge in [0.2, 0.25) is 16.9 Å². The van der Waals surface area contributed by atoms with E-state index in [4.69, 9.17) is 9.15 Å². The Morgan fingerprint density at radius 3 is 2.90 bits per heavy atom. The smallest absolute Gasteiger partial charge is 0.257 e. The Morgan fingerprint density at radius 2 is 2.13 bits per heavy atom. The van der Waals surface area contributed by atoms with Crippen LogP contribution in [-0.4, -0.2) is 69.8 Å². The molecule has 9 nitrogen and oxygen atoms in total. The van der Waals surface area contributed by atoms with E-state index >= 15 is 0 Å². The van der Waals surface area contributed by atoms with Crippen molar-refractivity contribution in [3.63, 3.8) is 0 Å². The monoisotopic (exact) mass is 466 g/mol. The van der Waals surface area contributed by atoms with E-state index in [2.05, 4.69) is 25.3 Å². The average Bonchev–Trinajstić information content (AvgIpc) is 3.54. The zero-order valence-electron chi connectivity index (χ0n) is 16.5. The largest absolute Gasteiger partial charge is 0.418 e. The lowest BCUT2D eigenvalue weighted by Crippen LogP contribution is -2.36. The maximum Gasteiger partial charge on any atom is 0.257 e. The fourth-order valence-corrected chi connectivity index (χ4v) is 5.34. The van der Waals surface area contributed by atoms with E-state index in [-0.39, 0.29) is 5.91 Å². The quantitative estimate of drug-likeness (QED) is 0.441. The van der Waals surface area contributed by atoms with E-state index < -0.39 is 0 Å². The molecule has 0 aromatic carbocycles. The number of anilines is 1. The summed E-state index contributed by atoms with van der Waals surface area (Å²) in [5, 5.41) is 19.5. The molecule has 0 N–H and O–H groups in total. The van der Waals surface area contributed by atoms with Crippen molar-refractivity contribution in [2.45, 2.75) is 24.2 Å². The SMILES string of the molecule is CCCN(Cc1nnc(-c2cccs2)o1)C(=O)CSc1nnc(N2CCOCC2)s1. The normalized spacial score (nSPS) is 14.2. The highest BCUT2D eigenvalue weighted by molar-refractivity contribution is 8.01. The summed E-state index contributed by atoms with van der Waals surface area (Å²) in [7, 11) is 0. The molecule has 1 saturated heterocycles. The third-order valence-corrected chi connectivity index (χ3v) is 7.33. The number of hydrogen-bond donors (Lipinski definition) is 0. The lowest BCUT2D eigenvalue weighted by molar-refractivity contribution is -0.129. The van der Waals surface area contributed by atoms with E-state index in [0.29, 0.717) is 43.8 Å². The van der Waals surface area contributed by atoms with Crippen molar-refractivity contribution >= 4 is 45.5 Å². The molecule has 3 aromatic rings. The predicted octanol–water partition coefficient (Wildman–Crippen LogP) is 3.02. The molecule has 0 radical (unpaired) electrons. The Bertz CT molecular complexity index is 939. The molecule has 0 aliphatic carbocycles. The van der Waals surface area contributed by atoms with Gasteiger partial charge in [0.25, 0.3) is 5.89 Å². The standard InChI is InChI=1S/C18H22N6O3S3/c1-2-5-24(11-14-19-20-16(27-14)13-4-3-10-28-13)15(25)12-29-18-22-21-17(30-18)23-6-8-26-9-7-23/h3-4,10H,2,5-9,11-12H2,1H3. The van der Waals surface area contributed by atoms with Gasteiger partial charge in [-0.3, -0.25) is 4.79 Å². The molecular weight excluding hydrogens is 444 g/mol. The van der Waals surface area contributed by atoms with Gasteiger partial charge in [-0.05, 0) is 17.9 Å². The summed E-state index contributed by atoms with van der Waals surface area (Å²) in [5.74, 6) is 1.24. The summed E-state index contributed by atoms with van der Waals surface area (Å²) in [5.41, 5.74) is 0. The lowest BCUT2D eigenvalue weighted by atomic mass is 10.4. The van der Waals surface area contributed by atoms with E-state index in [1.165, 1.54) is 23.1 Å². The zero-order valence-corrected chi connectivity index (χ0v) is 19.0. The van der Waals surface area contributed by atoms with Crippen LogP contribution in [0, 0.1) is 0 Å². The van der Waals surface area contributed by atoms with Gasteiger partial charge >= 0.3 is 0 Å². The molecule has 1 amide bonds. The Kier molecular flexibility index (Phi) is 7.31. The van der Waals surface area contributed by atoms with Crippen LogP contribution in [0.15, 0.2) is 26.3 Å². The Morgan fingerprint density at radius 1 is 1.27 bits per heavy atom. The number of thioether (sulfide) groups is 1. The molecule has 30 heavy (non-hydrogen) atoms. The van der Waals surface area contributed by atoms with Crippen molar-refractivity contribution in [1.82, 2.24) is 25.3 Å². The van der Waals surface area contributed by atoms with Crippen molar-refractivity contribution in [1.29, 1.82) is 0 Å². The van der Waals surface area contributed by atoms with Crippen molar-refractivity contribution < 1.29 is 13.9 Å². The van der Waals surface area contributed by atoms with Crippen LogP contribution in [0.2, 0.25) is 0 Å². The van der Waals surface area contributed by atoms with Gasteiger partial charge in [0.05, 0.1) is 30.4 Å². The average molecular weight is 467 g/mol. The molecule has 4 heterocycles. The zero-order chi connectivity index (χ0) is 20.8. The molecule has 0 saturated carbocycles. The van der Waals surface area contributed by atoms with E-state index in [1.54, 1.807) is 16.2 Å². The highest BCUT2D eigenvalue weighted by Gasteiger charge is 2.20. The van der Waals surface area contributed by atoms with Crippen LogP contribution in [0.4, 0.5) is 5.13 Å². The molecule has 1 aliphatic heterocycles. The molecular formula is C18H22N6O3S3. The van der Waals surface area contributed by atoms with Crippen LogP contribution in [0.1, 0.15) is 19.2 Å². The summed E-state index contributed by atoms with van der Waals surface area (Å²) in [6, 6.07) is 3.87. The minimum atomic E-state index is 0.0147. The minimum Gasteiger partial charge on any atom is -0.418 e. The highest BCUT2D eigenvalue weighted by Crippen LogP contribution is 2.29. The first-order chi connectivity index (χ1) is 14.7. The second kappa shape index (κ2) is 10.3. The Labute approximate surface area is 186 Å². The van der Waals surface area contributed by atoms with Crippen LogP contribution < -0.4 is 4.90 Å². The van der Waals surface area contributed by atoms with Crippen LogP contribution in [0.5, 0.6) is 0 Å². The molecule has 1 fully saturated rings. The summed E-state index contributed by atoms with van der Waals surface area (Å²) in [6.07, 6.45) is 0.850. The molecule has 0 unspecified atom stereocenters. The third kappa shape index (κ3) is 5.36. The Balaban J connectivity index is 1.33. The van der Waals surface area contributed by atoms with Gasteiger partial charge in [0.15, 0.2) is 4.34 Å². The second-order valence-electron chi connectivity index (χ2n) is 6.53. The number of amides is 1. The van der Waals surface area contributed by atoms with Gasteiger partial charge in [-0.25, -0.2) is 0 Å². The molecule has 3 aromatic heterocycles. The van der Waals surface area contributed by atoms with Gasteiger partial charge in [-0.15, -0.1) is 31.7 Å². The number of hydrogen-bond acceptors (Lipinski definition) is 11. The highest BCUT2D eigenvalue weighted by atomic mass is 32.2. The first-order valence-corrected chi connectivity index (χ1v) is 12.3. The van der Waals surface area contributed by atoms with Gasteiger partial charge in [0.1, 0.15) is 0 Å². The van der Waals surface area contributed by atoms with Crippen molar-refractivity contribution in [3.05, 3.63) is 23.4 Å². The van der Waals surface area contributed by atoms with Gasteiger partial charge in [-0.2, -0.15) is 0 Å². The number of morpholine rings is 1. The molecule has 0 spiro atoms. The summed E-state index contributed by atoms with van der Waals surface area (Å²) >= 11 is 4.47. The topological polar surface area (TPSA) is 97.5 Å². The van der Waals surface area contributed by atoms with Crippen molar-refractivity contribution in [2.75, 3.05) is 43.5 Å². The third-order valence-electron chi connectivity index (χ3n) is 4.37. The van der Waals surface area contributed by atoms with E-state index in [9.17, 15) is 4.79 Å². The van der Waals surface area contributed by atoms with Gasteiger partial charge < -0.3 is 19.0 Å². The maximum absolute atomic E-state index is 12.8. The first kappa shape index (κ1) is 21.2. The number of rotatable bonds is 9. The fraction of sp³-hybridized carbons (Fsp3) is 0.500. The molecule has 0 bridgehead atoms. The number of aromatic nitrogens is 4. The van der Waals surface area contributed by atoms with E-state index in [0.717, 1.165) is 33.9 Å². The lowest BCUT2D eigenvalue weighted by Gasteiger charge is -2.25. The summed E-state index contributed by atoms with van der Waals surface area (Å²) < 4.78 is 11.9. The summed E-state index contributed by atoms with van der Waals surface area (Å²) in [4.78, 5) is 17.6. The van der Waals surface area contributed by atoms with E-state index in [1.807, 2.05) is 24.4 Å². The van der Waals surface area contributed by atoms with Gasteiger partial charge in [0, 0.05) is 19.6 Å². The number of thiophene rings is 1. The van der Waals surface area contributed by atoms with Crippen LogP contribution >= 0.6 is 34.4 Å². The molecule has 12 heteroatoms. The first-order valence-electron chi connectivity index (χ1n) is 9.66. The van der Waals surface area contributed by atoms with Gasteiger partial charge in [-0.1, -0.05) is 36.1 Å².